The van der Waals surface area contributed by atoms with Crippen LogP contribution in [-0.4, -0.2) is 49.4 Å². The van der Waals surface area contributed by atoms with E-state index in [0.717, 1.165) is 0 Å². The first kappa shape index (κ1) is 14.8. The summed E-state index contributed by atoms with van der Waals surface area (Å²) in [7, 11) is 0. The molecule has 0 spiro atoms. The molecule has 1 atom stereocenters. The molecule has 0 bridgehead atoms. The summed E-state index contributed by atoms with van der Waals surface area (Å²) in [5.41, 5.74) is -0.181. The Kier molecular flexibility index (Phi) is 7.96. The molecule has 0 heterocycles. The summed E-state index contributed by atoms with van der Waals surface area (Å²) in [6, 6.07) is 0. The van der Waals surface area contributed by atoms with Crippen molar-refractivity contribution < 1.29 is 19.7 Å². The fourth-order valence-electron chi connectivity index (χ4n) is 0.868. The molecule has 4 nitrogen and oxygen atoms in total. The van der Waals surface area contributed by atoms with Crippen LogP contribution in [0.4, 0.5) is 0 Å². The SMILES string of the molecule is CC(O)CCOCCOCC(C)(C)CO. The van der Waals surface area contributed by atoms with Crippen molar-refractivity contribution in [3.05, 3.63) is 0 Å². The fraction of sp³-hybridized carbons (Fsp3) is 1.00. The molecule has 4 heteroatoms. The van der Waals surface area contributed by atoms with Gasteiger partial charge < -0.3 is 19.7 Å². The number of aliphatic hydroxyl groups excluding tert-OH is 2. The first-order chi connectivity index (χ1) is 6.98. The van der Waals surface area contributed by atoms with Gasteiger partial charge in [0, 0.05) is 12.0 Å². The van der Waals surface area contributed by atoms with Crippen molar-refractivity contribution >= 4 is 0 Å². The first-order valence-electron chi connectivity index (χ1n) is 5.42. The van der Waals surface area contributed by atoms with Crippen molar-refractivity contribution in [3.63, 3.8) is 0 Å². The predicted octanol–water partition coefficient (Wildman–Crippen LogP) is 0.809. The Morgan fingerprint density at radius 2 is 1.73 bits per heavy atom. The van der Waals surface area contributed by atoms with Crippen LogP contribution in [0, 0.1) is 5.41 Å². The molecule has 0 aliphatic carbocycles. The van der Waals surface area contributed by atoms with E-state index < -0.39 is 0 Å². The molecule has 0 aromatic carbocycles. The maximum atomic E-state index is 8.96. The van der Waals surface area contributed by atoms with Crippen LogP contribution >= 0.6 is 0 Å². The Balaban J connectivity index is 3.18. The van der Waals surface area contributed by atoms with Crippen molar-refractivity contribution in [2.24, 2.45) is 5.41 Å². The highest BCUT2D eigenvalue weighted by atomic mass is 16.5. The van der Waals surface area contributed by atoms with Crippen LogP contribution in [0.25, 0.3) is 0 Å². The summed E-state index contributed by atoms with van der Waals surface area (Å²) in [5, 5.41) is 17.9. The zero-order chi connectivity index (χ0) is 11.7. The Morgan fingerprint density at radius 3 is 2.27 bits per heavy atom. The lowest BCUT2D eigenvalue weighted by Gasteiger charge is -2.21. The molecule has 0 saturated heterocycles. The minimum absolute atomic E-state index is 0.121. The van der Waals surface area contributed by atoms with Crippen LogP contribution in [-0.2, 0) is 9.47 Å². The zero-order valence-corrected chi connectivity index (χ0v) is 10.0. The fourth-order valence-corrected chi connectivity index (χ4v) is 0.868. The van der Waals surface area contributed by atoms with E-state index in [0.29, 0.717) is 32.8 Å². The van der Waals surface area contributed by atoms with E-state index in [1.54, 1.807) is 6.92 Å². The van der Waals surface area contributed by atoms with Gasteiger partial charge in [-0.25, -0.2) is 0 Å². The Bertz CT molecular complexity index is 146. The van der Waals surface area contributed by atoms with E-state index in [-0.39, 0.29) is 18.1 Å². The van der Waals surface area contributed by atoms with Gasteiger partial charge in [0.1, 0.15) is 0 Å². The second-order valence-corrected chi connectivity index (χ2v) is 4.62. The minimum Gasteiger partial charge on any atom is -0.396 e. The Hall–Kier alpha value is -0.160. The molecule has 0 aromatic heterocycles. The Labute approximate surface area is 92.2 Å². The van der Waals surface area contributed by atoms with E-state index >= 15 is 0 Å². The number of hydrogen-bond acceptors (Lipinski definition) is 4. The first-order valence-corrected chi connectivity index (χ1v) is 5.42. The lowest BCUT2D eigenvalue weighted by atomic mass is 9.97. The average Bonchev–Trinajstić information content (AvgIpc) is 2.16. The smallest absolute Gasteiger partial charge is 0.0700 e. The van der Waals surface area contributed by atoms with Gasteiger partial charge in [0.15, 0.2) is 0 Å². The van der Waals surface area contributed by atoms with Crippen LogP contribution < -0.4 is 0 Å². The van der Waals surface area contributed by atoms with E-state index in [9.17, 15) is 0 Å². The molecule has 0 aliphatic rings. The second-order valence-electron chi connectivity index (χ2n) is 4.62. The van der Waals surface area contributed by atoms with Crippen molar-refractivity contribution in [2.75, 3.05) is 33.0 Å². The number of hydrogen-bond donors (Lipinski definition) is 2. The molecule has 2 N–H and O–H groups in total. The zero-order valence-electron chi connectivity index (χ0n) is 10.0. The highest BCUT2D eigenvalue weighted by Gasteiger charge is 2.15. The standard InChI is InChI=1S/C11H24O4/c1-10(13)4-5-14-6-7-15-9-11(2,3)8-12/h10,12-13H,4-9H2,1-3H3. The quantitative estimate of drug-likeness (QED) is 0.565. The molecule has 0 fully saturated rings. The van der Waals surface area contributed by atoms with Gasteiger partial charge in [-0.1, -0.05) is 13.8 Å². The van der Waals surface area contributed by atoms with Gasteiger partial charge in [0.25, 0.3) is 0 Å². The molecule has 0 aliphatic heterocycles. The van der Waals surface area contributed by atoms with Crippen LogP contribution in [0.1, 0.15) is 27.2 Å². The molecule has 0 aromatic rings. The number of rotatable bonds is 9. The van der Waals surface area contributed by atoms with Gasteiger partial charge in [-0.3, -0.25) is 0 Å². The number of ether oxygens (including phenoxy) is 2. The Morgan fingerprint density at radius 1 is 1.13 bits per heavy atom. The van der Waals surface area contributed by atoms with Crippen LogP contribution in [0.2, 0.25) is 0 Å². The summed E-state index contributed by atoms with van der Waals surface area (Å²) < 4.78 is 10.6. The summed E-state index contributed by atoms with van der Waals surface area (Å²) in [6.07, 6.45) is 0.349. The molecule has 0 rings (SSSR count). The third-order valence-electron chi connectivity index (χ3n) is 1.97. The summed E-state index contributed by atoms with van der Waals surface area (Å²) >= 11 is 0. The summed E-state index contributed by atoms with van der Waals surface area (Å²) in [5.74, 6) is 0. The predicted molar refractivity (Wildman–Crippen MR) is 58.8 cm³/mol. The third kappa shape index (κ3) is 10.1. The van der Waals surface area contributed by atoms with E-state index in [4.69, 9.17) is 19.7 Å². The minimum atomic E-state index is -0.306. The average molecular weight is 220 g/mol. The van der Waals surface area contributed by atoms with Gasteiger partial charge in [-0.05, 0) is 13.3 Å². The van der Waals surface area contributed by atoms with Crippen LogP contribution in [0.5, 0.6) is 0 Å². The molecule has 0 saturated carbocycles. The third-order valence-corrected chi connectivity index (χ3v) is 1.97. The monoisotopic (exact) mass is 220 g/mol. The maximum absolute atomic E-state index is 8.96. The van der Waals surface area contributed by atoms with E-state index in [2.05, 4.69) is 0 Å². The van der Waals surface area contributed by atoms with E-state index in [1.165, 1.54) is 0 Å². The highest BCUT2D eigenvalue weighted by molar-refractivity contribution is 4.64. The lowest BCUT2D eigenvalue weighted by molar-refractivity contribution is -0.00687. The van der Waals surface area contributed by atoms with Crippen molar-refractivity contribution in [2.45, 2.75) is 33.3 Å². The maximum Gasteiger partial charge on any atom is 0.0700 e. The van der Waals surface area contributed by atoms with Gasteiger partial charge in [-0.15, -0.1) is 0 Å². The van der Waals surface area contributed by atoms with Crippen molar-refractivity contribution in [1.29, 1.82) is 0 Å². The topological polar surface area (TPSA) is 58.9 Å². The molecular weight excluding hydrogens is 196 g/mol. The molecular formula is C11H24O4. The van der Waals surface area contributed by atoms with Gasteiger partial charge >= 0.3 is 0 Å². The molecule has 92 valence electrons. The largest absolute Gasteiger partial charge is 0.396 e. The van der Waals surface area contributed by atoms with Crippen LogP contribution in [0.15, 0.2) is 0 Å². The van der Waals surface area contributed by atoms with Gasteiger partial charge in [-0.2, -0.15) is 0 Å². The molecule has 0 radical (unpaired) electrons. The van der Waals surface area contributed by atoms with Crippen molar-refractivity contribution in [3.8, 4) is 0 Å². The lowest BCUT2D eigenvalue weighted by Crippen LogP contribution is -2.24. The van der Waals surface area contributed by atoms with E-state index in [1.807, 2.05) is 13.8 Å². The summed E-state index contributed by atoms with van der Waals surface area (Å²) in [4.78, 5) is 0. The molecule has 1 unspecified atom stereocenters. The normalized spacial score (nSPS) is 14.2. The van der Waals surface area contributed by atoms with Gasteiger partial charge in [0.05, 0.1) is 32.5 Å². The molecule has 0 amide bonds. The van der Waals surface area contributed by atoms with Crippen molar-refractivity contribution in [1.82, 2.24) is 0 Å². The number of aliphatic hydroxyl groups is 2. The highest BCUT2D eigenvalue weighted by Crippen LogP contribution is 2.13. The summed E-state index contributed by atoms with van der Waals surface area (Å²) in [6.45, 7) is 7.91. The molecule has 15 heavy (non-hydrogen) atoms. The van der Waals surface area contributed by atoms with Gasteiger partial charge in [0.2, 0.25) is 0 Å². The second kappa shape index (κ2) is 8.05. The van der Waals surface area contributed by atoms with Crippen LogP contribution in [0.3, 0.4) is 0 Å².